The highest BCUT2D eigenvalue weighted by Gasteiger charge is 2.08. The molecule has 0 fully saturated rings. The van der Waals surface area contributed by atoms with Crippen molar-refractivity contribution >= 4 is 49.2 Å². The molecule has 1 nitrogen and oxygen atoms in total. The SMILES string of the molecule is Fc1cccc(CSc2nc3ccccc3s2)c1Br. The Labute approximate surface area is 127 Å². The van der Waals surface area contributed by atoms with Crippen molar-refractivity contribution in [2.24, 2.45) is 0 Å². The molecule has 0 amide bonds. The van der Waals surface area contributed by atoms with Crippen LogP contribution in [0.1, 0.15) is 5.56 Å². The van der Waals surface area contributed by atoms with Crippen molar-refractivity contribution in [3.63, 3.8) is 0 Å². The largest absolute Gasteiger partial charge is 0.230 e. The lowest BCUT2D eigenvalue weighted by Gasteiger charge is -2.03. The van der Waals surface area contributed by atoms with E-state index in [1.807, 2.05) is 24.3 Å². The highest BCUT2D eigenvalue weighted by atomic mass is 79.9. The minimum absolute atomic E-state index is 0.220. The Kier molecular flexibility index (Phi) is 3.86. The van der Waals surface area contributed by atoms with E-state index in [-0.39, 0.29) is 5.82 Å². The lowest BCUT2D eigenvalue weighted by Crippen LogP contribution is -1.86. The molecular weight excluding hydrogens is 345 g/mol. The average molecular weight is 354 g/mol. The second kappa shape index (κ2) is 5.61. The summed E-state index contributed by atoms with van der Waals surface area (Å²) in [6.45, 7) is 0. The topological polar surface area (TPSA) is 12.9 Å². The third-order valence-corrected chi connectivity index (χ3v) is 5.77. The number of halogens is 2. The molecule has 0 unspecified atom stereocenters. The fraction of sp³-hybridized carbons (Fsp3) is 0.0714. The van der Waals surface area contributed by atoms with E-state index in [1.54, 1.807) is 29.2 Å². The zero-order valence-electron chi connectivity index (χ0n) is 9.77. The maximum Gasteiger partial charge on any atom is 0.151 e. The van der Waals surface area contributed by atoms with E-state index < -0.39 is 0 Å². The van der Waals surface area contributed by atoms with Crippen molar-refractivity contribution in [2.75, 3.05) is 0 Å². The molecule has 3 aromatic rings. The molecule has 0 aliphatic rings. The molecule has 0 bridgehead atoms. The van der Waals surface area contributed by atoms with Crippen LogP contribution in [0.4, 0.5) is 4.39 Å². The predicted octanol–water partition coefficient (Wildman–Crippen LogP) is 5.49. The Morgan fingerprint density at radius 2 is 2.00 bits per heavy atom. The first-order chi connectivity index (χ1) is 9.24. The molecule has 0 spiro atoms. The summed E-state index contributed by atoms with van der Waals surface area (Å²) in [6.07, 6.45) is 0. The van der Waals surface area contributed by atoms with Crippen molar-refractivity contribution in [2.45, 2.75) is 10.1 Å². The summed E-state index contributed by atoms with van der Waals surface area (Å²) in [7, 11) is 0. The fourth-order valence-corrected chi connectivity index (χ4v) is 4.36. The van der Waals surface area contributed by atoms with Crippen molar-refractivity contribution in [3.8, 4) is 0 Å². The number of hydrogen-bond acceptors (Lipinski definition) is 3. The van der Waals surface area contributed by atoms with Gasteiger partial charge in [0.2, 0.25) is 0 Å². The normalized spacial score (nSPS) is 11.1. The van der Waals surface area contributed by atoms with Crippen LogP contribution in [0.25, 0.3) is 10.2 Å². The third kappa shape index (κ3) is 2.83. The Balaban J connectivity index is 1.80. The molecule has 19 heavy (non-hydrogen) atoms. The molecule has 0 N–H and O–H groups in total. The highest BCUT2D eigenvalue weighted by Crippen LogP contribution is 2.33. The Morgan fingerprint density at radius 1 is 1.16 bits per heavy atom. The standard InChI is InChI=1S/C14H9BrFNS2/c15-13-9(4-3-5-10(13)16)8-18-14-17-11-6-1-2-7-12(11)19-14/h1-7H,8H2. The molecule has 1 aromatic heterocycles. The summed E-state index contributed by atoms with van der Waals surface area (Å²) in [4.78, 5) is 4.55. The van der Waals surface area contributed by atoms with Crippen LogP contribution in [0.2, 0.25) is 0 Å². The summed E-state index contributed by atoms with van der Waals surface area (Å²) in [6, 6.07) is 13.2. The molecule has 1 heterocycles. The molecule has 3 rings (SSSR count). The Bertz CT molecular complexity index is 693. The molecule has 2 aromatic carbocycles. The summed E-state index contributed by atoms with van der Waals surface area (Å²) >= 11 is 6.59. The van der Waals surface area contributed by atoms with Gasteiger partial charge in [0.15, 0.2) is 4.34 Å². The molecule has 5 heteroatoms. The van der Waals surface area contributed by atoms with Crippen molar-refractivity contribution < 1.29 is 4.39 Å². The molecule has 96 valence electrons. The lowest BCUT2D eigenvalue weighted by molar-refractivity contribution is 0.619. The van der Waals surface area contributed by atoms with Gasteiger partial charge in [-0.1, -0.05) is 36.0 Å². The zero-order valence-corrected chi connectivity index (χ0v) is 13.0. The molecule has 0 aliphatic heterocycles. The third-order valence-electron chi connectivity index (χ3n) is 2.66. The van der Waals surface area contributed by atoms with Gasteiger partial charge >= 0.3 is 0 Å². The minimum Gasteiger partial charge on any atom is -0.230 e. The number of aromatic nitrogens is 1. The number of hydrogen-bond donors (Lipinski definition) is 0. The van der Waals surface area contributed by atoms with Gasteiger partial charge < -0.3 is 0 Å². The summed E-state index contributed by atoms with van der Waals surface area (Å²) < 4.78 is 16.1. The number of fused-ring (bicyclic) bond motifs is 1. The number of rotatable bonds is 3. The average Bonchev–Trinajstić information content (AvgIpc) is 2.83. The first-order valence-electron chi connectivity index (χ1n) is 5.65. The molecule has 0 aliphatic carbocycles. The molecular formula is C14H9BrFNS2. The van der Waals surface area contributed by atoms with Gasteiger partial charge in [-0.05, 0) is 39.7 Å². The quantitative estimate of drug-likeness (QED) is 0.577. The van der Waals surface area contributed by atoms with Gasteiger partial charge in [0.25, 0.3) is 0 Å². The van der Waals surface area contributed by atoms with Crippen LogP contribution in [-0.4, -0.2) is 4.98 Å². The van der Waals surface area contributed by atoms with Gasteiger partial charge in [-0.3, -0.25) is 0 Å². The highest BCUT2D eigenvalue weighted by molar-refractivity contribution is 9.10. The van der Waals surface area contributed by atoms with Crippen molar-refractivity contribution in [3.05, 3.63) is 58.3 Å². The smallest absolute Gasteiger partial charge is 0.151 e. The number of thiazole rings is 1. The van der Waals surface area contributed by atoms with E-state index in [1.165, 1.54) is 10.8 Å². The van der Waals surface area contributed by atoms with Crippen molar-refractivity contribution in [1.82, 2.24) is 4.98 Å². The zero-order chi connectivity index (χ0) is 13.2. The van der Waals surface area contributed by atoms with E-state index in [9.17, 15) is 4.39 Å². The van der Waals surface area contributed by atoms with Gasteiger partial charge in [-0.2, -0.15) is 0 Å². The van der Waals surface area contributed by atoms with Crippen LogP contribution >= 0.6 is 39.0 Å². The van der Waals surface area contributed by atoms with Crippen LogP contribution in [0.15, 0.2) is 51.3 Å². The summed E-state index contributed by atoms with van der Waals surface area (Å²) in [5.74, 6) is 0.487. The maximum atomic E-state index is 13.4. The van der Waals surface area contributed by atoms with Crippen LogP contribution in [0.5, 0.6) is 0 Å². The number of para-hydroxylation sites is 1. The number of benzene rings is 2. The second-order valence-electron chi connectivity index (χ2n) is 3.95. The van der Waals surface area contributed by atoms with E-state index in [0.29, 0.717) is 10.2 Å². The second-order valence-corrected chi connectivity index (χ2v) is 7.00. The van der Waals surface area contributed by atoms with E-state index >= 15 is 0 Å². The summed E-state index contributed by atoms with van der Waals surface area (Å²) in [5.41, 5.74) is 1.97. The van der Waals surface area contributed by atoms with Crippen LogP contribution in [0.3, 0.4) is 0 Å². The van der Waals surface area contributed by atoms with E-state index in [2.05, 4.69) is 27.0 Å². The van der Waals surface area contributed by atoms with Gasteiger partial charge in [0.05, 0.1) is 14.7 Å². The molecule has 0 saturated heterocycles. The van der Waals surface area contributed by atoms with Crippen LogP contribution in [-0.2, 0) is 5.75 Å². The first-order valence-corrected chi connectivity index (χ1v) is 8.25. The molecule has 0 saturated carbocycles. The predicted molar refractivity (Wildman–Crippen MR) is 83.3 cm³/mol. The monoisotopic (exact) mass is 353 g/mol. The lowest BCUT2D eigenvalue weighted by atomic mass is 10.2. The van der Waals surface area contributed by atoms with Crippen molar-refractivity contribution in [1.29, 1.82) is 0 Å². The minimum atomic E-state index is -0.220. The number of thioether (sulfide) groups is 1. The van der Waals surface area contributed by atoms with Gasteiger partial charge in [0, 0.05) is 5.75 Å². The molecule has 0 atom stereocenters. The summed E-state index contributed by atoms with van der Waals surface area (Å²) in [5, 5.41) is 0. The van der Waals surface area contributed by atoms with Gasteiger partial charge in [0.1, 0.15) is 5.82 Å². The number of nitrogens with zero attached hydrogens (tertiary/aromatic N) is 1. The Hall–Kier alpha value is -0.910. The van der Waals surface area contributed by atoms with Gasteiger partial charge in [-0.25, -0.2) is 9.37 Å². The maximum absolute atomic E-state index is 13.4. The fourth-order valence-electron chi connectivity index (χ4n) is 1.71. The van der Waals surface area contributed by atoms with E-state index in [0.717, 1.165) is 15.4 Å². The molecule has 0 radical (unpaired) electrons. The first kappa shape index (κ1) is 13.1. The van der Waals surface area contributed by atoms with Gasteiger partial charge in [-0.15, -0.1) is 11.3 Å². The van der Waals surface area contributed by atoms with Crippen LogP contribution in [0, 0.1) is 5.82 Å². The Morgan fingerprint density at radius 3 is 2.84 bits per heavy atom. The van der Waals surface area contributed by atoms with Crippen LogP contribution < -0.4 is 0 Å². The van der Waals surface area contributed by atoms with E-state index in [4.69, 9.17) is 0 Å².